The number of methoxy groups -OCH3 is 1. The van der Waals surface area contributed by atoms with E-state index in [1.165, 1.54) is 19.5 Å². The van der Waals surface area contributed by atoms with E-state index in [2.05, 4.69) is 26.5 Å². The Hall–Kier alpha value is -0.280. The van der Waals surface area contributed by atoms with Crippen LogP contribution in [0.2, 0.25) is 0 Å². The van der Waals surface area contributed by atoms with Gasteiger partial charge in [0.05, 0.1) is 26.4 Å². The van der Waals surface area contributed by atoms with Gasteiger partial charge in [0.2, 0.25) is 0 Å². The zero-order valence-electron chi connectivity index (χ0n) is 17.5. The molecule has 3 rings (SSSR count). The van der Waals surface area contributed by atoms with E-state index in [1.54, 1.807) is 7.11 Å². The molecule has 0 spiro atoms. The summed E-state index contributed by atoms with van der Waals surface area (Å²) in [6, 6.07) is 1.48. The van der Waals surface area contributed by atoms with Gasteiger partial charge in [-0.15, -0.1) is 0 Å². The molecular weight excluding hydrogens is 344 g/mol. The molecule has 0 amide bonds. The van der Waals surface area contributed by atoms with Crippen molar-refractivity contribution in [2.75, 3.05) is 106 Å². The fraction of sp³-hybridized carbons (Fsp3) is 1.00. The number of likely N-dealkylation sites (tertiary alicyclic amines) is 2. The van der Waals surface area contributed by atoms with Gasteiger partial charge in [0, 0.05) is 91.2 Å². The van der Waals surface area contributed by atoms with Crippen LogP contribution in [0, 0.1) is 0 Å². The highest BCUT2D eigenvalue weighted by atomic mass is 16.5. The lowest BCUT2D eigenvalue weighted by Crippen LogP contribution is -2.48. The van der Waals surface area contributed by atoms with Gasteiger partial charge >= 0.3 is 0 Å². The maximum Gasteiger partial charge on any atom is 0.0594 e. The minimum atomic E-state index is 0.736. The van der Waals surface area contributed by atoms with Crippen LogP contribution in [0.5, 0.6) is 0 Å². The lowest BCUT2D eigenvalue weighted by molar-refractivity contribution is 0.0423. The van der Waals surface area contributed by atoms with Gasteiger partial charge in [0.25, 0.3) is 0 Å². The molecule has 0 N–H and O–H groups in total. The lowest BCUT2D eigenvalue weighted by atomic mass is 10.2. The highest BCUT2D eigenvalue weighted by molar-refractivity contribution is 4.99. The molecule has 0 radical (unpaired) electrons. The fourth-order valence-electron chi connectivity index (χ4n) is 4.64. The van der Waals surface area contributed by atoms with Crippen molar-refractivity contribution in [1.29, 1.82) is 0 Å². The SMILES string of the molecule is CCOCCN1CC2C[C@H]1CN2CCOCCN1CCN(CCOC)CC1. The summed E-state index contributed by atoms with van der Waals surface area (Å²) in [6.07, 6.45) is 1.33. The monoisotopic (exact) mass is 384 g/mol. The number of nitrogens with zero attached hydrogens (tertiary/aromatic N) is 4. The minimum absolute atomic E-state index is 0.736. The summed E-state index contributed by atoms with van der Waals surface area (Å²) in [6.45, 7) is 17.7. The van der Waals surface area contributed by atoms with Crippen LogP contribution in [-0.4, -0.2) is 137 Å². The molecular formula is C20H40N4O3. The molecule has 7 heteroatoms. The summed E-state index contributed by atoms with van der Waals surface area (Å²) >= 11 is 0. The zero-order chi connectivity index (χ0) is 18.9. The van der Waals surface area contributed by atoms with Crippen LogP contribution in [0.4, 0.5) is 0 Å². The Morgan fingerprint density at radius 1 is 0.704 bits per heavy atom. The first-order chi connectivity index (χ1) is 13.3. The molecule has 0 aliphatic carbocycles. The summed E-state index contributed by atoms with van der Waals surface area (Å²) in [7, 11) is 1.78. The smallest absolute Gasteiger partial charge is 0.0594 e. The van der Waals surface area contributed by atoms with Crippen molar-refractivity contribution in [1.82, 2.24) is 19.6 Å². The Bertz CT molecular complexity index is 407. The molecule has 1 unspecified atom stereocenters. The second kappa shape index (κ2) is 11.7. The van der Waals surface area contributed by atoms with Crippen LogP contribution in [0.3, 0.4) is 0 Å². The molecule has 3 aliphatic rings. The molecule has 0 aromatic carbocycles. The summed E-state index contributed by atoms with van der Waals surface area (Å²) in [5, 5.41) is 0. The number of hydrogen-bond donors (Lipinski definition) is 0. The van der Waals surface area contributed by atoms with Gasteiger partial charge in [-0.2, -0.15) is 0 Å². The van der Waals surface area contributed by atoms with E-state index in [-0.39, 0.29) is 0 Å². The van der Waals surface area contributed by atoms with Crippen LogP contribution in [0.15, 0.2) is 0 Å². The quantitative estimate of drug-likeness (QED) is 0.416. The Kier molecular flexibility index (Phi) is 9.25. The third kappa shape index (κ3) is 6.63. The minimum Gasteiger partial charge on any atom is -0.383 e. The first-order valence-corrected chi connectivity index (χ1v) is 10.9. The second-order valence-electron chi connectivity index (χ2n) is 8.02. The molecule has 3 aliphatic heterocycles. The van der Waals surface area contributed by atoms with Gasteiger partial charge < -0.3 is 14.2 Å². The maximum absolute atomic E-state index is 5.95. The average Bonchev–Trinajstić information content (AvgIpc) is 3.27. The molecule has 2 bridgehead atoms. The fourth-order valence-corrected chi connectivity index (χ4v) is 4.64. The number of ether oxygens (including phenoxy) is 3. The third-order valence-corrected chi connectivity index (χ3v) is 6.35. The first kappa shape index (κ1) is 21.4. The predicted molar refractivity (Wildman–Crippen MR) is 107 cm³/mol. The predicted octanol–water partition coefficient (Wildman–Crippen LogP) is 0.0620. The van der Waals surface area contributed by atoms with E-state index in [1.807, 2.05) is 0 Å². The molecule has 0 aromatic rings. The standard InChI is InChI=1S/C20H40N4O3/c1-3-26-14-10-23-17-20-16-19(23)18-24(20)11-15-27-13-9-22-6-4-21(5-7-22)8-12-25-2/h19-20H,3-18H2,1-2H3/t19-,20?/m0/s1. The van der Waals surface area contributed by atoms with Crippen molar-refractivity contribution < 1.29 is 14.2 Å². The molecule has 3 fully saturated rings. The highest BCUT2D eigenvalue weighted by Crippen LogP contribution is 2.29. The Morgan fingerprint density at radius 2 is 1.22 bits per heavy atom. The molecule has 0 saturated carbocycles. The highest BCUT2D eigenvalue weighted by Gasteiger charge is 2.42. The van der Waals surface area contributed by atoms with Gasteiger partial charge in [-0.1, -0.05) is 0 Å². The normalized spacial score (nSPS) is 27.8. The maximum atomic E-state index is 5.95. The Morgan fingerprint density at radius 3 is 1.74 bits per heavy atom. The van der Waals surface area contributed by atoms with E-state index in [0.717, 1.165) is 97.5 Å². The van der Waals surface area contributed by atoms with Crippen LogP contribution in [0.1, 0.15) is 13.3 Å². The van der Waals surface area contributed by atoms with Crippen molar-refractivity contribution in [2.45, 2.75) is 25.4 Å². The zero-order valence-corrected chi connectivity index (χ0v) is 17.5. The number of piperazine rings is 2. The number of fused-ring (bicyclic) bond motifs is 2. The van der Waals surface area contributed by atoms with Crippen LogP contribution >= 0.6 is 0 Å². The van der Waals surface area contributed by atoms with E-state index in [0.29, 0.717) is 0 Å². The van der Waals surface area contributed by atoms with E-state index >= 15 is 0 Å². The van der Waals surface area contributed by atoms with Gasteiger partial charge in [0.15, 0.2) is 0 Å². The lowest BCUT2D eigenvalue weighted by Gasteiger charge is -2.35. The van der Waals surface area contributed by atoms with Gasteiger partial charge in [-0.3, -0.25) is 19.6 Å². The van der Waals surface area contributed by atoms with Crippen LogP contribution < -0.4 is 0 Å². The van der Waals surface area contributed by atoms with E-state index in [9.17, 15) is 0 Å². The second-order valence-corrected chi connectivity index (χ2v) is 8.02. The van der Waals surface area contributed by atoms with Crippen molar-refractivity contribution >= 4 is 0 Å². The molecule has 3 heterocycles. The van der Waals surface area contributed by atoms with Gasteiger partial charge in [-0.25, -0.2) is 0 Å². The molecule has 3 saturated heterocycles. The van der Waals surface area contributed by atoms with Gasteiger partial charge in [0.1, 0.15) is 0 Å². The summed E-state index contributed by atoms with van der Waals surface area (Å²) in [5.74, 6) is 0. The molecule has 158 valence electrons. The Labute approximate surface area is 165 Å². The number of hydrogen-bond acceptors (Lipinski definition) is 7. The van der Waals surface area contributed by atoms with Crippen LogP contribution in [0.25, 0.3) is 0 Å². The Balaban J connectivity index is 1.18. The molecule has 2 atom stereocenters. The average molecular weight is 385 g/mol. The van der Waals surface area contributed by atoms with Crippen LogP contribution in [-0.2, 0) is 14.2 Å². The first-order valence-electron chi connectivity index (χ1n) is 10.9. The largest absolute Gasteiger partial charge is 0.383 e. The van der Waals surface area contributed by atoms with Crippen molar-refractivity contribution in [3.05, 3.63) is 0 Å². The molecule has 27 heavy (non-hydrogen) atoms. The van der Waals surface area contributed by atoms with E-state index < -0.39 is 0 Å². The summed E-state index contributed by atoms with van der Waals surface area (Å²) in [5.41, 5.74) is 0. The van der Waals surface area contributed by atoms with Crippen molar-refractivity contribution in [2.24, 2.45) is 0 Å². The summed E-state index contributed by atoms with van der Waals surface area (Å²) in [4.78, 5) is 10.3. The molecule has 0 aromatic heterocycles. The van der Waals surface area contributed by atoms with Gasteiger partial charge in [-0.05, 0) is 13.3 Å². The molecule has 7 nitrogen and oxygen atoms in total. The third-order valence-electron chi connectivity index (χ3n) is 6.35. The number of rotatable bonds is 13. The summed E-state index contributed by atoms with van der Waals surface area (Å²) < 4.78 is 16.6. The van der Waals surface area contributed by atoms with Crippen molar-refractivity contribution in [3.63, 3.8) is 0 Å². The van der Waals surface area contributed by atoms with E-state index in [4.69, 9.17) is 14.2 Å². The van der Waals surface area contributed by atoms with Crippen molar-refractivity contribution in [3.8, 4) is 0 Å². The topological polar surface area (TPSA) is 40.7 Å².